The number of amides is 1. The molecule has 2 heterocycles. The molecule has 0 aromatic carbocycles. The highest BCUT2D eigenvalue weighted by atomic mass is 16.6. The van der Waals surface area contributed by atoms with E-state index in [1.165, 1.54) is 0 Å². The number of pyridine rings is 1. The first kappa shape index (κ1) is 19.1. The molecule has 0 radical (unpaired) electrons. The molecular weight excluding hydrogens is 312 g/mol. The first-order valence-corrected chi connectivity index (χ1v) is 8.90. The van der Waals surface area contributed by atoms with Gasteiger partial charge in [0.15, 0.2) is 0 Å². The molecule has 1 amide bonds. The molecule has 2 rings (SSSR count). The van der Waals surface area contributed by atoms with Gasteiger partial charge in [0, 0.05) is 12.2 Å². The van der Waals surface area contributed by atoms with E-state index in [1.807, 2.05) is 49.9 Å². The second-order valence-electron chi connectivity index (χ2n) is 7.39. The molecule has 0 bridgehead atoms. The topological polar surface area (TPSA) is 42.4 Å². The number of likely N-dealkylation sites (tertiary alicyclic amines) is 1. The second kappa shape index (κ2) is 8.20. The number of carbonyl (C=O) groups is 1. The number of aromatic nitrogens is 1. The van der Waals surface area contributed by atoms with Gasteiger partial charge in [-0.2, -0.15) is 0 Å². The summed E-state index contributed by atoms with van der Waals surface area (Å²) in [6, 6.07) is 5.81. The SMILES string of the molecule is Cc1cccc(C#C/C=C2\CCCN(C(=O)OCC(C)C)C2(C)C)n1. The van der Waals surface area contributed by atoms with Crippen LogP contribution in [0.5, 0.6) is 0 Å². The van der Waals surface area contributed by atoms with E-state index in [4.69, 9.17) is 4.74 Å². The Morgan fingerprint density at radius 3 is 2.88 bits per heavy atom. The van der Waals surface area contributed by atoms with Crippen LogP contribution in [0.25, 0.3) is 0 Å². The van der Waals surface area contributed by atoms with Crippen molar-refractivity contribution < 1.29 is 9.53 Å². The lowest BCUT2D eigenvalue weighted by molar-refractivity contribution is 0.0563. The van der Waals surface area contributed by atoms with Gasteiger partial charge in [0.1, 0.15) is 5.69 Å². The van der Waals surface area contributed by atoms with Crippen molar-refractivity contribution in [3.8, 4) is 11.8 Å². The molecule has 1 saturated heterocycles. The van der Waals surface area contributed by atoms with E-state index in [2.05, 4.69) is 30.7 Å². The zero-order valence-electron chi connectivity index (χ0n) is 15.9. The zero-order chi connectivity index (χ0) is 18.4. The number of ether oxygens (including phenoxy) is 1. The minimum absolute atomic E-state index is 0.238. The van der Waals surface area contributed by atoms with E-state index < -0.39 is 0 Å². The quantitative estimate of drug-likeness (QED) is 0.752. The number of hydrogen-bond acceptors (Lipinski definition) is 3. The van der Waals surface area contributed by atoms with Gasteiger partial charge >= 0.3 is 6.09 Å². The highest BCUT2D eigenvalue weighted by Crippen LogP contribution is 2.33. The highest BCUT2D eigenvalue weighted by Gasteiger charge is 2.37. The van der Waals surface area contributed by atoms with Crippen LogP contribution in [-0.4, -0.2) is 34.7 Å². The molecule has 25 heavy (non-hydrogen) atoms. The molecular formula is C21H28N2O2. The van der Waals surface area contributed by atoms with Crippen molar-refractivity contribution in [3.63, 3.8) is 0 Å². The predicted octanol–water partition coefficient (Wildman–Crippen LogP) is 4.33. The third-order valence-corrected chi connectivity index (χ3v) is 4.38. The van der Waals surface area contributed by atoms with Crippen LogP contribution in [0.1, 0.15) is 51.9 Å². The Labute approximate surface area is 151 Å². The number of aryl methyl sites for hydroxylation is 1. The second-order valence-corrected chi connectivity index (χ2v) is 7.39. The van der Waals surface area contributed by atoms with Crippen LogP contribution in [0.4, 0.5) is 4.79 Å². The zero-order valence-corrected chi connectivity index (χ0v) is 15.9. The van der Waals surface area contributed by atoms with Gasteiger partial charge in [-0.15, -0.1) is 0 Å². The molecule has 4 nitrogen and oxygen atoms in total. The number of rotatable bonds is 2. The van der Waals surface area contributed by atoms with E-state index >= 15 is 0 Å². The normalized spacial score (nSPS) is 18.0. The minimum atomic E-state index is -0.388. The Balaban J connectivity index is 2.14. The van der Waals surface area contributed by atoms with Crippen LogP contribution in [0.3, 0.4) is 0 Å². The summed E-state index contributed by atoms with van der Waals surface area (Å²) in [6.07, 6.45) is 3.57. The summed E-state index contributed by atoms with van der Waals surface area (Å²) < 4.78 is 5.43. The average molecular weight is 340 g/mol. The van der Waals surface area contributed by atoms with Gasteiger partial charge in [-0.05, 0) is 69.2 Å². The molecule has 0 spiro atoms. The standard InChI is InChI=1S/C21H28N2O2/c1-16(2)15-25-20(24)23-14-8-11-18(21(23,4)5)10-7-13-19-12-6-9-17(3)22-19/h6,9-10,12,16H,8,11,14-15H2,1-5H3/b18-10+. The summed E-state index contributed by atoms with van der Waals surface area (Å²) in [5.41, 5.74) is 2.48. The van der Waals surface area contributed by atoms with Crippen LogP contribution >= 0.6 is 0 Å². The van der Waals surface area contributed by atoms with E-state index in [0.717, 1.165) is 29.8 Å². The third-order valence-electron chi connectivity index (χ3n) is 4.38. The molecule has 0 atom stereocenters. The minimum Gasteiger partial charge on any atom is -0.449 e. The number of allylic oxidation sites excluding steroid dienone is 1. The molecule has 4 heteroatoms. The highest BCUT2D eigenvalue weighted by molar-refractivity contribution is 5.70. The van der Waals surface area contributed by atoms with Crippen molar-refractivity contribution in [2.75, 3.05) is 13.2 Å². The van der Waals surface area contributed by atoms with Crippen molar-refractivity contribution >= 4 is 6.09 Å². The molecule has 134 valence electrons. The monoisotopic (exact) mass is 340 g/mol. The fourth-order valence-electron chi connectivity index (χ4n) is 2.88. The Morgan fingerprint density at radius 2 is 2.20 bits per heavy atom. The first-order valence-electron chi connectivity index (χ1n) is 8.90. The fourth-order valence-corrected chi connectivity index (χ4v) is 2.88. The summed E-state index contributed by atoms with van der Waals surface area (Å²) in [5, 5.41) is 0. The van der Waals surface area contributed by atoms with Crippen molar-refractivity contribution in [2.45, 2.75) is 53.0 Å². The van der Waals surface area contributed by atoms with Gasteiger partial charge in [-0.3, -0.25) is 4.90 Å². The van der Waals surface area contributed by atoms with Crippen molar-refractivity contribution in [1.29, 1.82) is 0 Å². The summed E-state index contributed by atoms with van der Waals surface area (Å²) in [6.45, 7) is 11.3. The molecule has 0 aliphatic carbocycles. The Morgan fingerprint density at radius 1 is 1.44 bits per heavy atom. The molecule has 1 aliphatic heterocycles. The van der Waals surface area contributed by atoms with Crippen molar-refractivity contribution in [3.05, 3.63) is 41.2 Å². The number of piperidine rings is 1. The van der Waals surface area contributed by atoms with Crippen LogP contribution in [-0.2, 0) is 4.74 Å². The lowest BCUT2D eigenvalue weighted by Gasteiger charge is -2.43. The summed E-state index contributed by atoms with van der Waals surface area (Å²) in [4.78, 5) is 18.6. The molecule has 1 aromatic rings. The Bertz CT molecular complexity index is 708. The van der Waals surface area contributed by atoms with Gasteiger partial charge in [-0.25, -0.2) is 9.78 Å². The number of carbonyl (C=O) groups excluding carboxylic acids is 1. The molecule has 0 saturated carbocycles. The predicted molar refractivity (Wildman–Crippen MR) is 100 cm³/mol. The van der Waals surface area contributed by atoms with E-state index in [9.17, 15) is 4.79 Å². The van der Waals surface area contributed by atoms with Crippen molar-refractivity contribution in [1.82, 2.24) is 9.88 Å². The Kier molecular flexibility index (Phi) is 6.25. The van der Waals surface area contributed by atoms with Crippen LogP contribution in [0, 0.1) is 24.7 Å². The van der Waals surface area contributed by atoms with Gasteiger partial charge in [0.25, 0.3) is 0 Å². The van der Waals surface area contributed by atoms with Gasteiger partial charge in [0.05, 0.1) is 12.1 Å². The Hall–Kier alpha value is -2.28. The summed E-state index contributed by atoms with van der Waals surface area (Å²) in [7, 11) is 0. The maximum absolute atomic E-state index is 12.4. The smallest absolute Gasteiger partial charge is 0.410 e. The van der Waals surface area contributed by atoms with Crippen molar-refractivity contribution in [2.24, 2.45) is 5.92 Å². The van der Waals surface area contributed by atoms with Gasteiger partial charge < -0.3 is 4.74 Å². The van der Waals surface area contributed by atoms with Crippen LogP contribution < -0.4 is 0 Å². The molecule has 1 fully saturated rings. The van der Waals surface area contributed by atoms with E-state index in [-0.39, 0.29) is 11.6 Å². The van der Waals surface area contributed by atoms with E-state index in [0.29, 0.717) is 19.1 Å². The summed E-state index contributed by atoms with van der Waals surface area (Å²) in [5.74, 6) is 6.53. The van der Waals surface area contributed by atoms with Gasteiger partial charge in [0.2, 0.25) is 0 Å². The lowest BCUT2D eigenvalue weighted by atomic mass is 9.84. The lowest BCUT2D eigenvalue weighted by Crippen LogP contribution is -2.52. The van der Waals surface area contributed by atoms with Crippen LogP contribution in [0.15, 0.2) is 29.8 Å². The van der Waals surface area contributed by atoms with Crippen LogP contribution in [0.2, 0.25) is 0 Å². The largest absolute Gasteiger partial charge is 0.449 e. The third kappa shape index (κ3) is 5.09. The first-order chi connectivity index (χ1) is 11.8. The fraction of sp³-hybridized carbons (Fsp3) is 0.524. The maximum atomic E-state index is 12.4. The molecule has 0 unspecified atom stereocenters. The number of nitrogens with zero attached hydrogens (tertiary/aromatic N) is 2. The molecule has 0 N–H and O–H groups in total. The molecule has 1 aliphatic rings. The van der Waals surface area contributed by atoms with E-state index in [1.54, 1.807) is 0 Å². The summed E-state index contributed by atoms with van der Waals surface area (Å²) >= 11 is 0. The van der Waals surface area contributed by atoms with Gasteiger partial charge in [-0.1, -0.05) is 25.8 Å². The maximum Gasteiger partial charge on any atom is 0.410 e. The molecule has 1 aromatic heterocycles. The number of hydrogen-bond donors (Lipinski definition) is 0. The average Bonchev–Trinajstić information content (AvgIpc) is 2.54.